The topological polar surface area (TPSA) is 54.4 Å². The van der Waals surface area contributed by atoms with Crippen molar-refractivity contribution >= 4 is 10.1 Å². The Morgan fingerprint density at radius 3 is 2.50 bits per heavy atom. The summed E-state index contributed by atoms with van der Waals surface area (Å²) in [6, 6.07) is 0. The van der Waals surface area contributed by atoms with Crippen LogP contribution in [0.15, 0.2) is 11.0 Å². The van der Waals surface area contributed by atoms with Crippen molar-refractivity contribution in [3.8, 4) is 0 Å². The van der Waals surface area contributed by atoms with Crippen LogP contribution in [0.5, 0.6) is 0 Å². The Hall–Kier alpha value is -0.350. The average Bonchev–Trinajstić information content (AvgIpc) is 2.51. The van der Waals surface area contributed by atoms with Gasteiger partial charge < -0.3 is 0 Å². The zero-order valence-electron chi connectivity index (χ0n) is 8.53. The smallest absolute Gasteiger partial charge is 0.282 e. The first-order chi connectivity index (χ1) is 6.31. The minimum atomic E-state index is -3.96. The van der Waals surface area contributed by atoms with Crippen LogP contribution in [0.25, 0.3) is 0 Å². The molecule has 0 radical (unpaired) electrons. The van der Waals surface area contributed by atoms with Crippen LogP contribution >= 0.6 is 0 Å². The van der Waals surface area contributed by atoms with Gasteiger partial charge in [-0.2, -0.15) is 8.42 Å². The molecule has 2 aliphatic rings. The molecule has 0 saturated heterocycles. The molecule has 2 fully saturated rings. The fourth-order valence-corrected chi connectivity index (χ4v) is 3.91. The van der Waals surface area contributed by atoms with Crippen LogP contribution in [0, 0.1) is 17.3 Å². The maximum Gasteiger partial charge on any atom is 0.287 e. The van der Waals surface area contributed by atoms with Crippen molar-refractivity contribution in [3.05, 3.63) is 11.0 Å². The third kappa shape index (κ3) is 1.50. The summed E-state index contributed by atoms with van der Waals surface area (Å²) in [4.78, 5) is 0. The summed E-state index contributed by atoms with van der Waals surface area (Å²) >= 11 is 0. The van der Waals surface area contributed by atoms with E-state index >= 15 is 0 Å². The van der Waals surface area contributed by atoms with Crippen molar-refractivity contribution < 1.29 is 13.0 Å². The third-order valence-corrected chi connectivity index (χ3v) is 4.46. The predicted octanol–water partition coefficient (Wildman–Crippen LogP) is 2.21. The summed E-state index contributed by atoms with van der Waals surface area (Å²) in [5.41, 5.74) is 0.884. The van der Waals surface area contributed by atoms with Crippen LogP contribution < -0.4 is 0 Å². The van der Waals surface area contributed by atoms with Gasteiger partial charge in [0.15, 0.2) is 0 Å². The molecule has 2 saturated carbocycles. The van der Waals surface area contributed by atoms with Crippen LogP contribution in [0.2, 0.25) is 0 Å². The monoisotopic (exact) mass is 216 g/mol. The molecule has 2 bridgehead atoms. The molecule has 3 nitrogen and oxygen atoms in total. The van der Waals surface area contributed by atoms with E-state index in [1.165, 1.54) is 6.42 Å². The highest BCUT2D eigenvalue weighted by atomic mass is 32.2. The van der Waals surface area contributed by atoms with Gasteiger partial charge in [-0.25, -0.2) is 0 Å². The van der Waals surface area contributed by atoms with Crippen molar-refractivity contribution in [2.24, 2.45) is 17.3 Å². The molecule has 80 valence electrons. The Bertz CT molecular complexity index is 378. The molecule has 0 aliphatic heterocycles. The van der Waals surface area contributed by atoms with Crippen molar-refractivity contribution in [1.29, 1.82) is 0 Å². The molecule has 0 heterocycles. The van der Waals surface area contributed by atoms with Crippen molar-refractivity contribution in [3.63, 3.8) is 0 Å². The molecule has 2 unspecified atom stereocenters. The molecule has 0 amide bonds. The zero-order valence-corrected chi connectivity index (χ0v) is 9.34. The van der Waals surface area contributed by atoms with Gasteiger partial charge >= 0.3 is 0 Å². The second-order valence-electron chi connectivity index (χ2n) is 5.02. The first kappa shape index (κ1) is 10.2. The van der Waals surface area contributed by atoms with Gasteiger partial charge in [0, 0.05) is 0 Å². The maximum absolute atomic E-state index is 10.8. The highest BCUT2D eigenvalue weighted by molar-refractivity contribution is 7.88. The minimum Gasteiger partial charge on any atom is -0.282 e. The minimum absolute atomic E-state index is 0.0429. The molecule has 0 aromatic carbocycles. The lowest BCUT2D eigenvalue weighted by Gasteiger charge is -2.32. The molecular formula is C10H16O3S. The van der Waals surface area contributed by atoms with Crippen LogP contribution in [-0.4, -0.2) is 13.0 Å². The first-order valence-electron chi connectivity index (χ1n) is 5.00. The van der Waals surface area contributed by atoms with Crippen LogP contribution in [0.3, 0.4) is 0 Å². The molecular weight excluding hydrogens is 200 g/mol. The van der Waals surface area contributed by atoms with E-state index in [1.54, 1.807) is 0 Å². The highest BCUT2D eigenvalue weighted by Crippen LogP contribution is 2.59. The molecule has 2 rings (SSSR count). The van der Waals surface area contributed by atoms with Crippen molar-refractivity contribution in [2.45, 2.75) is 33.1 Å². The fourth-order valence-electron chi connectivity index (χ4n) is 3.09. The molecule has 0 aromatic heterocycles. The SMILES string of the molecule is CC1(C)C(=CS(=O)(=O)O)C2CCC1C2. The van der Waals surface area contributed by atoms with Gasteiger partial charge in [-0.1, -0.05) is 13.8 Å². The Labute approximate surface area is 85.0 Å². The number of hydrogen-bond donors (Lipinski definition) is 1. The largest absolute Gasteiger partial charge is 0.287 e. The highest BCUT2D eigenvalue weighted by Gasteiger charge is 2.49. The number of fused-ring (bicyclic) bond motifs is 2. The number of hydrogen-bond acceptors (Lipinski definition) is 2. The van der Waals surface area contributed by atoms with Gasteiger partial charge in [0.2, 0.25) is 0 Å². The summed E-state index contributed by atoms with van der Waals surface area (Å²) in [5.74, 6) is 0.984. The van der Waals surface area contributed by atoms with Gasteiger partial charge in [0.1, 0.15) is 0 Å². The maximum atomic E-state index is 10.8. The Morgan fingerprint density at radius 1 is 1.43 bits per heavy atom. The van der Waals surface area contributed by atoms with Crippen molar-refractivity contribution in [2.75, 3.05) is 0 Å². The molecule has 4 heteroatoms. The summed E-state index contributed by atoms with van der Waals surface area (Å²) in [7, 11) is -3.96. The van der Waals surface area contributed by atoms with E-state index in [1.807, 2.05) is 0 Å². The fraction of sp³-hybridized carbons (Fsp3) is 0.800. The molecule has 0 aromatic rings. The molecule has 2 aliphatic carbocycles. The first-order valence-corrected chi connectivity index (χ1v) is 6.50. The third-order valence-electron chi connectivity index (χ3n) is 3.91. The standard InChI is InChI=1S/C10H16O3S/c1-10(2)8-4-3-7(5-8)9(10)6-14(11,12)13/h6-8H,3-5H2,1-2H3,(H,11,12,13). The quantitative estimate of drug-likeness (QED) is 0.684. The van der Waals surface area contributed by atoms with E-state index < -0.39 is 10.1 Å². The Kier molecular flexibility index (Phi) is 2.05. The summed E-state index contributed by atoms with van der Waals surface area (Å²) < 4.78 is 30.5. The lowest BCUT2D eigenvalue weighted by atomic mass is 9.73. The lowest BCUT2D eigenvalue weighted by Crippen LogP contribution is -2.23. The summed E-state index contributed by atoms with van der Waals surface area (Å²) in [5, 5.41) is 1.08. The number of rotatable bonds is 1. The Balaban J connectivity index is 2.42. The number of allylic oxidation sites excluding steroid dienone is 1. The van der Waals surface area contributed by atoms with Gasteiger partial charge in [0.05, 0.1) is 5.41 Å². The summed E-state index contributed by atoms with van der Waals surface area (Å²) in [6.07, 6.45) is 3.37. The molecule has 14 heavy (non-hydrogen) atoms. The van der Waals surface area contributed by atoms with E-state index in [-0.39, 0.29) is 5.41 Å². The molecule has 0 spiro atoms. The van der Waals surface area contributed by atoms with Gasteiger partial charge in [0.25, 0.3) is 10.1 Å². The average molecular weight is 216 g/mol. The van der Waals surface area contributed by atoms with E-state index in [2.05, 4.69) is 13.8 Å². The Morgan fingerprint density at radius 2 is 2.07 bits per heavy atom. The molecule has 1 N–H and O–H groups in total. The summed E-state index contributed by atoms with van der Waals surface area (Å²) in [6.45, 7) is 4.15. The van der Waals surface area contributed by atoms with Crippen LogP contribution in [0.4, 0.5) is 0 Å². The van der Waals surface area contributed by atoms with Crippen molar-refractivity contribution in [1.82, 2.24) is 0 Å². The van der Waals surface area contributed by atoms with E-state index in [0.717, 1.165) is 23.8 Å². The zero-order chi connectivity index (χ0) is 10.6. The van der Waals surface area contributed by atoms with Gasteiger partial charge in [-0.15, -0.1) is 0 Å². The van der Waals surface area contributed by atoms with Gasteiger partial charge in [-0.05, 0) is 42.1 Å². The van der Waals surface area contributed by atoms with E-state index in [0.29, 0.717) is 11.8 Å². The lowest BCUT2D eigenvalue weighted by molar-refractivity contribution is 0.288. The predicted molar refractivity (Wildman–Crippen MR) is 54.2 cm³/mol. The van der Waals surface area contributed by atoms with Crippen LogP contribution in [-0.2, 0) is 10.1 Å². The van der Waals surface area contributed by atoms with E-state index in [4.69, 9.17) is 4.55 Å². The van der Waals surface area contributed by atoms with Crippen LogP contribution in [0.1, 0.15) is 33.1 Å². The second kappa shape index (κ2) is 2.83. The van der Waals surface area contributed by atoms with Gasteiger partial charge in [-0.3, -0.25) is 4.55 Å². The normalized spacial score (nSPS) is 38.1. The second-order valence-corrected chi connectivity index (χ2v) is 6.28. The van der Waals surface area contributed by atoms with E-state index in [9.17, 15) is 8.42 Å². The molecule has 2 atom stereocenters.